The lowest BCUT2D eigenvalue weighted by Crippen LogP contribution is -2.41. The Morgan fingerprint density at radius 3 is 1.57 bits per heavy atom. The first-order chi connectivity index (χ1) is 25.7. The molecule has 1 aromatic heterocycles. The Balaban J connectivity index is 1.27. The zero-order chi connectivity index (χ0) is 36.6. The fraction of sp³-hybridized carbons (Fsp3) is 0.130. The van der Waals surface area contributed by atoms with Crippen LogP contribution in [-0.2, 0) is 9.31 Å². The summed E-state index contributed by atoms with van der Waals surface area (Å²) < 4.78 is 13.1. The van der Waals surface area contributed by atoms with E-state index in [-0.39, 0.29) is 0 Å². The maximum Gasteiger partial charge on any atom is 0.495 e. The van der Waals surface area contributed by atoms with Gasteiger partial charge in [-0.25, -0.2) is 15.0 Å². The van der Waals surface area contributed by atoms with E-state index in [4.69, 9.17) is 24.3 Å². The number of nitriles is 1. The predicted molar refractivity (Wildman–Crippen MR) is 213 cm³/mol. The van der Waals surface area contributed by atoms with Crippen LogP contribution in [0.4, 0.5) is 0 Å². The van der Waals surface area contributed by atoms with E-state index in [1.165, 1.54) is 0 Å². The lowest BCUT2D eigenvalue weighted by molar-refractivity contribution is 0.00578. The molecule has 7 aromatic rings. The van der Waals surface area contributed by atoms with Crippen LogP contribution in [0.2, 0.25) is 0 Å². The van der Waals surface area contributed by atoms with Crippen LogP contribution in [0.25, 0.3) is 67.5 Å². The van der Waals surface area contributed by atoms with E-state index in [9.17, 15) is 5.26 Å². The molecule has 1 fully saturated rings. The summed E-state index contributed by atoms with van der Waals surface area (Å²) in [4.78, 5) is 15.3. The van der Waals surface area contributed by atoms with Crippen LogP contribution in [0, 0.1) is 11.3 Å². The monoisotopic (exact) mass is 688 g/mol. The van der Waals surface area contributed by atoms with Crippen LogP contribution in [-0.4, -0.2) is 33.3 Å². The van der Waals surface area contributed by atoms with Crippen molar-refractivity contribution in [3.05, 3.63) is 157 Å². The van der Waals surface area contributed by atoms with E-state index in [1.54, 1.807) is 0 Å². The molecule has 8 rings (SSSR count). The van der Waals surface area contributed by atoms with Crippen molar-refractivity contribution in [1.82, 2.24) is 15.0 Å². The van der Waals surface area contributed by atoms with Gasteiger partial charge in [-0.3, -0.25) is 0 Å². The van der Waals surface area contributed by atoms with Gasteiger partial charge in [0.15, 0.2) is 17.5 Å². The van der Waals surface area contributed by atoms with Crippen molar-refractivity contribution >= 4 is 12.6 Å². The van der Waals surface area contributed by atoms with E-state index in [1.807, 2.05) is 84.9 Å². The quantitative estimate of drug-likeness (QED) is 0.155. The summed E-state index contributed by atoms with van der Waals surface area (Å²) in [5, 5.41) is 9.52. The van der Waals surface area contributed by atoms with Gasteiger partial charge >= 0.3 is 7.12 Å². The van der Waals surface area contributed by atoms with E-state index in [2.05, 4.69) is 100 Å². The summed E-state index contributed by atoms with van der Waals surface area (Å²) in [6, 6.07) is 53.0. The third-order valence-electron chi connectivity index (χ3n) is 10.3. The SMILES string of the molecule is CC1(C)OB(c2ccccc2-c2ccccc2-c2ccccc2-c2nc(-c3ccccc3)nc(-c3cccc(-c4cccc(C#N)c4)c3)n2)OC1(C)C. The summed E-state index contributed by atoms with van der Waals surface area (Å²) in [6.07, 6.45) is 0. The van der Waals surface area contributed by atoms with Crippen molar-refractivity contribution in [2.75, 3.05) is 0 Å². The van der Waals surface area contributed by atoms with Gasteiger partial charge < -0.3 is 9.31 Å². The Hall–Kier alpha value is -6.20. The van der Waals surface area contributed by atoms with Gasteiger partial charge in [-0.1, -0.05) is 133 Å². The van der Waals surface area contributed by atoms with Crippen LogP contribution >= 0.6 is 0 Å². The standard InChI is InChI=1S/C46H37BN4O2/c1-45(2)46(3,4)53-47(52-45)41-27-13-12-25-39(41)37-23-9-8-22-36(37)38-24-10-11-26-40(38)44-50-42(32-17-6-5-7-18-32)49-43(51-44)35-21-15-20-34(29-35)33-19-14-16-31(28-33)30-48/h5-29H,1-4H3. The van der Waals surface area contributed by atoms with Crippen LogP contribution in [0.15, 0.2) is 152 Å². The molecular weight excluding hydrogens is 651 g/mol. The molecule has 6 nitrogen and oxygen atoms in total. The Labute approximate surface area is 310 Å². The number of benzene rings is 6. The Kier molecular flexibility index (Phi) is 8.79. The molecule has 0 unspecified atom stereocenters. The van der Waals surface area contributed by atoms with Crippen molar-refractivity contribution in [2.45, 2.75) is 38.9 Å². The summed E-state index contributed by atoms with van der Waals surface area (Å²) in [5.41, 5.74) is 9.31. The minimum atomic E-state index is -0.517. The van der Waals surface area contributed by atoms with E-state index >= 15 is 0 Å². The topological polar surface area (TPSA) is 80.9 Å². The highest BCUT2D eigenvalue weighted by Crippen LogP contribution is 2.40. The van der Waals surface area contributed by atoms with Crippen LogP contribution in [0.3, 0.4) is 0 Å². The molecule has 6 aromatic carbocycles. The largest absolute Gasteiger partial charge is 0.495 e. The van der Waals surface area contributed by atoms with Crippen LogP contribution < -0.4 is 5.46 Å². The highest BCUT2D eigenvalue weighted by atomic mass is 16.7. The highest BCUT2D eigenvalue weighted by Gasteiger charge is 2.52. The van der Waals surface area contributed by atoms with E-state index in [0.717, 1.165) is 55.5 Å². The number of aromatic nitrogens is 3. The van der Waals surface area contributed by atoms with Crippen molar-refractivity contribution in [1.29, 1.82) is 5.26 Å². The average molecular weight is 689 g/mol. The summed E-state index contributed by atoms with van der Waals surface area (Å²) in [6.45, 7) is 8.31. The summed E-state index contributed by atoms with van der Waals surface area (Å²) in [7, 11) is -0.517. The minimum Gasteiger partial charge on any atom is -0.399 e. The lowest BCUT2D eigenvalue weighted by Gasteiger charge is -2.32. The van der Waals surface area contributed by atoms with Crippen LogP contribution in [0.1, 0.15) is 33.3 Å². The van der Waals surface area contributed by atoms with Crippen molar-refractivity contribution in [3.8, 4) is 73.6 Å². The smallest absolute Gasteiger partial charge is 0.399 e. The minimum absolute atomic E-state index is 0.468. The highest BCUT2D eigenvalue weighted by molar-refractivity contribution is 6.64. The molecule has 0 N–H and O–H groups in total. The second-order valence-corrected chi connectivity index (χ2v) is 14.2. The van der Waals surface area contributed by atoms with Crippen LogP contribution in [0.5, 0.6) is 0 Å². The van der Waals surface area contributed by atoms with Gasteiger partial charge in [-0.15, -0.1) is 0 Å². The molecule has 7 heteroatoms. The van der Waals surface area contributed by atoms with E-state index < -0.39 is 18.3 Å². The van der Waals surface area contributed by atoms with Gasteiger partial charge in [0.1, 0.15) is 0 Å². The first-order valence-electron chi connectivity index (χ1n) is 17.8. The maximum atomic E-state index is 9.52. The molecule has 1 aliphatic rings. The molecule has 0 spiro atoms. The molecule has 0 saturated carbocycles. The number of nitrogens with zero attached hydrogens (tertiary/aromatic N) is 4. The Morgan fingerprint density at radius 1 is 0.453 bits per heavy atom. The molecule has 0 radical (unpaired) electrons. The lowest BCUT2D eigenvalue weighted by atomic mass is 9.73. The van der Waals surface area contributed by atoms with Gasteiger partial charge in [-0.05, 0) is 84.7 Å². The summed E-state index contributed by atoms with van der Waals surface area (Å²) >= 11 is 0. The summed E-state index contributed by atoms with van der Waals surface area (Å²) in [5.74, 6) is 1.70. The van der Waals surface area contributed by atoms with Gasteiger partial charge in [0.25, 0.3) is 0 Å². The molecule has 1 aliphatic heterocycles. The average Bonchev–Trinajstić information content (AvgIpc) is 3.43. The fourth-order valence-corrected chi connectivity index (χ4v) is 6.73. The maximum absolute atomic E-state index is 9.52. The molecule has 0 aliphatic carbocycles. The van der Waals surface area contributed by atoms with E-state index in [0.29, 0.717) is 23.0 Å². The number of rotatable bonds is 7. The van der Waals surface area contributed by atoms with Crippen molar-refractivity contribution < 1.29 is 9.31 Å². The molecule has 0 amide bonds. The molecule has 0 bridgehead atoms. The second kappa shape index (κ2) is 13.7. The third-order valence-corrected chi connectivity index (χ3v) is 10.3. The third kappa shape index (κ3) is 6.55. The first-order valence-corrected chi connectivity index (χ1v) is 17.8. The fourth-order valence-electron chi connectivity index (χ4n) is 6.73. The molecule has 1 saturated heterocycles. The van der Waals surface area contributed by atoms with Gasteiger partial charge in [0, 0.05) is 16.7 Å². The number of hydrogen-bond acceptors (Lipinski definition) is 6. The zero-order valence-electron chi connectivity index (χ0n) is 30.1. The molecule has 0 atom stereocenters. The van der Waals surface area contributed by atoms with Crippen molar-refractivity contribution in [3.63, 3.8) is 0 Å². The number of hydrogen-bond donors (Lipinski definition) is 0. The first kappa shape index (κ1) is 33.9. The second-order valence-electron chi connectivity index (χ2n) is 14.2. The molecule has 256 valence electrons. The van der Waals surface area contributed by atoms with Gasteiger partial charge in [-0.2, -0.15) is 5.26 Å². The Bertz CT molecular complexity index is 2490. The molecular formula is C46H37BN4O2. The molecule has 53 heavy (non-hydrogen) atoms. The van der Waals surface area contributed by atoms with Gasteiger partial charge in [0.05, 0.1) is 22.8 Å². The zero-order valence-corrected chi connectivity index (χ0v) is 30.1. The predicted octanol–water partition coefficient (Wildman–Crippen LogP) is 10.0. The normalized spacial score (nSPS) is 14.5. The molecule has 2 heterocycles. The van der Waals surface area contributed by atoms with Gasteiger partial charge in [0.2, 0.25) is 0 Å². The Morgan fingerprint density at radius 2 is 0.906 bits per heavy atom. The van der Waals surface area contributed by atoms with Crippen molar-refractivity contribution in [2.24, 2.45) is 0 Å².